The maximum Gasteiger partial charge on any atom is 0.262 e. The first kappa shape index (κ1) is 14.8. The summed E-state index contributed by atoms with van der Waals surface area (Å²) in [5.74, 6) is 0.656. The molecule has 124 valence electrons. The quantitative estimate of drug-likeness (QED) is 0.889. The Bertz CT molecular complexity index is 759. The van der Waals surface area contributed by atoms with E-state index in [1.54, 1.807) is 17.9 Å². The summed E-state index contributed by atoms with van der Waals surface area (Å²) in [5, 5.41) is 8.20. The number of hydrogen-bond acceptors (Lipinski definition) is 5. The van der Waals surface area contributed by atoms with Crippen LogP contribution in [-0.2, 0) is 18.3 Å². The van der Waals surface area contributed by atoms with Gasteiger partial charge in [-0.15, -0.1) is 0 Å². The van der Waals surface area contributed by atoms with Crippen LogP contribution in [-0.4, -0.2) is 38.0 Å². The van der Waals surface area contributed by atoms with Crippen molar-refractivity contribution in [2.75, 3.05) is 6.61 Å². The lowest BCUT2D eigenvalue weighted by atomic mass is 9.79. The second-order valence-electron chi connectivity index (χ2n) is 6.71. The van der Waals surface area contributed by atoms with Crippen LogP contribution in [0.15, 0.2) is 11.0 Å². The summed E-state index contributed by atoms with van der Waals surface area (Å²) in [6.07, 6.45) is 8.65. The van der Waals surface area contributed by atoms with E-state index in [0.717, 1.165) is 25.9 Å². The van der Waals surface area contributed by atoms with Gasteiger partial charge in [-0.05, 0) is 19.3 Å². The molecule has 7 heteroatoms. The zero-order valence-corrected chi connectivity index (χ0v) is 13.5. The number of ether oxygens (including phenoxy) is 1. The van der Waals surface area contributed by atoms with Crippen molar-refractivity contribution < 1.29 is 4.74 Å². The van der Waals surface area contributed by atoms with Crippen molar-refractivity contribution in [1.82, 2.24) is 25.1 Å². The van der Waals surface area contributed by atoms with Crippen LogP contribution >= 0.6 is 0 Å². The van der Waals surface area contributed by atoms with Crippen LogP contribution in [0, 0.1) is 0 Å². The van der Waals surface area contributed by atoms with Gasteiger partial charge in [0.05, 0.1) is 18.3 Å². The Labute approximate surface area is 134 Å². The van der Waals surface area contributed by atoms with Crippen molar-refractivity contribution in [2.45, 2.75) is 56.7 Å². The highest BCUT2D eigenvalue weighted by Gasteiger charge is 2.44. The molecule has 3 heterocycles. The van der Waals surface area contributed by atoms with Gasteiger partial charge < -0.3 is 15.0 Å². The molecule has 1 unspecified atom stereocenters. The Morgan fingerprint density at radius 2 is 2.26 bits per heavy atom. The van der Waals surface area contributed by atoms with Gasteiger partial charge >= 0.3 is 0 Å². The average Bonchev–Trinajstić information content (AvgIpc) is 3.11. The molecule has 0 radical (unpaired) electrons. The van der Waals surface area contributed by atoms with E-state index in [1.807, 2.05) is 0 Å². The fraction of sp³-hybridized carbons (Fsp3) is 0.688. The van der Waals surface area contributed by atoms with Crippen LogP contribution in [0.5, 0.6) is 0 Å². The van der Waals surface area contributed by atoms with Gasteiger partial charge in [-0.1, -0.05) is 19.3 Å². The van der Waals surface area contributed by atoms with Crippen molar-refractivity contribution in [3.8, 4) is 0 Å². The highest BCUT2D eigenvalue weighted by Crippen LogP contribution is 2.39. The van der Waals surface area contributed by atoms with Gasteiger partial charge in [0.2, 0.25) is 0 Å². The second kappa shape index (κ2) is 5.72. The first-order chi connectivity index (χ1) is 11.2. The molecule has 2 N–H and O–H groups in total. The fourth-order valence-electron chi connectivity index (χ4n) is 4.06. The minimum Gasteiger partial charge on any atom is -0.373 e. The van der Waals surface area contributed by atoms with Crippen LogP contribution in [0.1, 0.15) is 44.3 Å². The van der Waals surface area contributed by atoms with Gasteiger partial charge in [-0.3, -0.25) is 9.48 Å². The van der Waals surface area contributed by atoms with Crippen molar-refractivity contribution in [1.29, 1.82) is 0 Å². The molecule has 2 fully saturated rings. The van der Waals surface area contributed by atoms with E-state index in [2.05, 4.69) is 20.4 Å². The molecule has 23 heavy (non-hydrogen) atoms. The highest BCUT2D eigenvalue weighted by atomic mass is 16.5. The number of nitrogens with one attached hydrogen (secondary N) is 2. The van der Waals surface area contributed by atoms with E-state index in [0.29, 0.717) is 29.4 Å². The molecule has 0 amide bonds. The summed E-state index contributed by atoms with van der Waals surface area (Å²) in [6.45, 7) is 1.37. The van der Waals surface area contributed by atoms with Crippen molar-refractivity contribution >= 4 is 11.0 Å². The Morgan fingerprint density at radius 3 is 3.09 bits per heavy atom. The fourth-order valence-corrected chi connectivity index (χ4v) is 4.06. The van der Waals surface area contributed by atoms with E-state index in [4.69, 9.17) is 4.74 Å². The lowest BCUT2D eigenvalue weighted by molar-refractivity contribution is -0.0390. The molecule has 2 aromatic heterocycles. The molecule has 0 bridgehead atoms. The van der Waals surface area contributed by atoms with E-state index in [9.17, 15) is 4.79 Å². The molecule has 1 spiro atoms. The number of aromatic amines is 1. The Balaban J connectivity index is 1.52. The second-order valence-corrected chi connectivity index (χ2v) is 6.71. The number of hydrogen-bond donors (Lipinski definition) is 2. The molecule has 4 rings (SSSR count). The number of aromatic nitrogens is 4. The molecule has 2 aromatic rings. The summed E-state index contributed by atoms with van der Waals surface area (Å²) in [4.78, 5) is 19.5. The lowest BCUT2D eigenvalue weighted by Crippen LogP contribution is -2.49. The van der Waals surface area contributed by atoms with Gasteiger partial charge in [-0.2, -0.15) is 5.10 Å². The molecule has 7 nitrogen and oxygen atoms in total. The van der Waals surface area contributed by atoms with Gasteiger partial charge in [0.15, 0.2) is 5.65 Å². The van der Waals surface area contributed by atoms with E-state index in [-0.39, 0.29) is 11.2 Å². The van der Waals surface area contributed by atoms with Crippen molar-refractivity contribution in [2.24, 2.45) is 7.05 Å². The first-order valence-electron chi connectivity index (χ1n) is 8.46. The monoisotopic (exact) mass is 317 g/mol. The molecule has 0 aromatic carbocycles. The summed E-state index contributed by atoms with van der Waals surface area (Å²) in [7, 11) is 1.80. The van der Waals surface area contributed by atoms with Gasteiger partial charge in [0.25, 0.3) is 5.56 Å². The number of nitrogens with zero attached hydrogens (tertiary/aromatic N) is 3. The van der Waals surface area contributed by atoms with Crippen LogP contribution in [0.4, 0.5) is 0 Å². The number of aryl methyl sites for hydroxylation is 1. The number of fused-ring (bicyclic) bond motifs is 1. The summed E-state index contributed by atoms with van der Waals surface area (Å²) in [6, 6.07) is 0.343. The predicted octanol–water partition coefficient (Wildman–Crippen LogP) is 1.24. The van der Waals surface area contributed by atoms with Crippen LogP contribution in [0.3, 0.4) is 0 Å². The lowest BCUT2D eigenvalue weighted by Gasteiger charge is -2.38. The number of H-pyrrole nitrogens is 1. The Hall–Kier alpha value is -1.73. The van der Waals surface area contributed by atoms with Gasteiger partial charge in [0, 0.05) is 19.7 Å². The van der Waals surface area contributed by atoms with Crippen LogP contribution < -0.4 is 10.9 Å². The molecule has 1 atom stereocenters. The van der Waals surface area contributed by atoms with Crippen molar-refractivity contribution in [3.63, 3.8) is 0 Å². The highest BCUT2D eigenvalue weighted by molar-refractivity contribution is 5.72. The zero-order valence-electron chi connectivity index (χ0n) is 13.5. The summed E-state index contributed by atoms with van der Waals surface area (Å²) in [5.41, 5.74) is 0.491. The molecule has 1 saturated heterocycles. The van der Waals surface area contributed by atoms with Gasteiger partial charge in [-0.25, -0.2) is 4.98 Å². The zero-order chi connectivity index (χ0) is 15.9. The molecule has 1 aliphatic carbocycles. The smallest absolute Gasteiger partial charge is 0.262 e. The minimum atomic E-state index is -0.130. The predicted molar refractivity (Wildman–Crippen MR) is 86.1 cm³/mol. The number of rotatable bonds is 3. The first-order valence-corrected chi connectivity index (χ1v) is 8.46. The Kier molecular flexibility index (Phi) is 3.69. The molecule has 1 saturated carbocycles. The summed E-state index contributed by atoms with van der Waals surface area (Å²) >= 11 is 0. The SMILES string of the molecule is Cn1ncc2c(=O)[nH]c(CNC3CCOC34CCCCC4)nc21. The van der Waals surface area contributed by atoms with Crippen LogP contribution in [0.25, 0.3) is 11.0 Å². The minimum absolute atomic E-state index is 0.00479. The Morgan fingerprint density at radius 1 is 1.43 bits per heavy atom. The van der Waals surface area contributed by atoms with Gasteiger partial charge in [0.1, 0.15) is 11.2 Å². The largest absolute Gasteiger partial charge is 0.373 e. The maximum atomic E-state index is 12.1. The molecular weight excluding hydrogens is 294 g/mol. The van der Waals surface area contributed by atoms with E-state index in [1.165, 1.54) is 19.3 Å². The average molecular weight is 317 g/mol. The third kappa shape index (κ3) is 2.57. The summed E-state index contributed by atoms with van der Waals surface area (Å²) < 4.78 is 7.75. The molecule has 2 aliphatic rings. The normalized spacial score (nSPS) is 23.8. The van der Waals surface area contributed by atoms with E-state index < -0.39 is 0 Å². The topological polar surface area (TPSA) is 84.8 Å². The maximum absolute atomic E-state index is 12.1. The molecule has 1 aliphatic heterocycles. The molecular formula is C16H23N5O2. The third-order valence-corrected chi connectivity index (χ3v) is 5.30. The third-order valence-electron chi connectivity index (χ3n) is 5.30. The van der Waals surface area contributed by atoms with Crippen LogP contribution in [0.2, 0.25) is 0 Å². The van der Waals surface area contributed by atoms with Crippen molar-refractivity contribution in [3.05, 3.63) is 22.4 Å². The standard InChI is InChI=1S/C16H23N5O2/c1-21-14-11(9-18-21)15(22)20-13(19-14)10-17-12-5-8-23-16(12)6-3-2-4-7-16/h9,12,17H,2-8,10H2,1H3,(H,19,20,22). The van der Waals surface area contributed by atoms with E-state index >= 15 is 0 Å².